The molecule has 2 aromatic rings. The van der Waals surface area contributed by atoms with Crippen LogP contribution < -0.4 is 0 Å². The topological polar surface area (TPSA) is 115 Å². The summed E-state index contributed by atoms with van der Waals surface area (Å²) in [6, 6.07) is 13.5. The van der Waals surface area contributed by atoms with Crippen LogP contribution in [0.5, 0.6) is 0 Å². The molecule has 0 aliphatic heterocycles. The van der Waals surface area contributed by atoms with Crippen LogP contribution in [0.1, 0.15) is 65.0 Å². The minimum Gasteiger partial charge on any atom is -0.478 e. The highest BCUT2D eigenvalue weighted by atomic mass is 16.4. The van der Waals surface area contributed by atoms with E-state index in [0.29, 0.717) is 17.5 Å². The molecule has 0 radical (unpaired) electrons. The summed E-state index contributed by atoms with van der Waals surface area (Å²) in [6.07, 6.45) is 1.35. The van der Waals surface area contributed by atoms with E-state index >= 15 is 0 Å². The van der Waals surface area contributed by atoms with Gasteiger partial charge >= 0.3 is 11.9 Å². The van der Waals surface area contributed by atoms with Crippen molar-refractivity contribution in [2.24, 2.45) is 0 Å². The summed E-state index contributed by atoms with van der Waals surface area (Å²) < 4.78 is 0. The molecule has 0 fully saturated rings. The Morgan fingerprint density at radius 2 is 0.966 bits per heavy atom. The van der Waals surface area contributed by atoms with E-state index < -0.39 is 11.9 Å². The average molecular weight is 405 g/mol. The van der Waals surface area contributed by atoms with E-state index in [-0.39, 0.29) is 12.2 Å². The van der Waals surface area contributed by atoms with E-state index in [0.717, 1.165) is 24.0 Å². The minimum absolute atomic E-state index is 0.319. The summed E-state index contributed by atoms with van der Waals surface area (Å²) in [5, 5.41) is 35.0. The number of carboxylic acid groups (broad SMARTS) is 2. The lowest BCUT2D eigenvalue weighted by Gasteiger charge is -2.11. The van der Waals surface area contributed by atoms with Gasteiger partial charge in [0, 0.05) is 0 Å². The van der Waals surface area contributed by atoms with Crippen LogP contribution in [0.2, 0.25) is 0 Å². The second-order valence-electron chi connectivity index (χ2n) is 6.70. The highest BCUT2D eigenvalue weighted by molar-refractivity contribution is 5.87. The van der Waals surface area contributed by atoms with Crippen molar-refractivity contribution in [2.75, 3.05) is 0 Å². The van der Waals surface area contributed by atoms with Crippen LogP contribution in [-0.2, 0) is 0 Å². The fourth-order valence-electron chi connectivity index (χ4n) is 2.04. The first-order valence-electron chi connectivity index (χ1n) is 9.56. The number of aliphatic hydroxyl groups is 2. The zero-order valence-electron chi connectivity index (χ0n) is 17.5. The highest BCUT2D eigenvalue weighted by Crippen LogP contribution is 2.04. The lowest BCUT2D eigenvalue weighted by molar-refractivity contribution is 0.0686. The SMILES string of the molecule is CCC(O)CC(O)CC.Cc1ccc(C(=O)O)cc1.Cc1ccc(C(=O)O)cc1. The molecule has 0 amide bonds. The maximum absolute atomic E-state index is 10.3. The minimum atomic E-state index is -0.875. The smallest absolute Gasteiger partial charge is 0.335 e. The predicted octanol–water partition coefficient (Wildman–Crippen LogP) is 4.30. The molecule has 0 saturated heterocycles. The van der Waals surface area contributed by atoms with Gasteiger partial charge in [-0.25, -0.2) is 9.59 Å². The molecule has 160 valence electrons. The third kappa shape index (κ3) is 12.4. The molecule has 0 aromatic heterocycles. The van der Waals surface area contributed by atoms with Crippen LogP contribution in [0, 0.1) is 13.8 Å². The number of hydrogen-bond acceptors (Lipinski definition) is 4. The van der Waals surface area contributed by atoms with Crippen molar-refractivity contribution in [3.8, 4) is 0 Å². The Kier molecular flexibility index (Phi) is 13.0. The number of aliphatic hydroxyl groups excluding tert-OH is 2. The van der Waals surface area contributed by atoms with Gasteiger partial charge in [0.1, 0.15) is 0 Å². The van der Waals surface area contributed by atoms with Gasteiger partial charge < -0.3 is 20.4 Å². The van der Waals surface area contributed by atoms with Crippen molar-refractivity contribution in [1.82, 2.24) is 0 Å². The molecule has 0 heterocycles. The quantitative estimate of drug-likeness (QED) is 0.570. The Bertz CT molecular complexity index is 659. The van der Waals surface area contributed by atoms with Gasteiger partial charge in [-0.15, -0.1) is 0 Å². The van der Waals surface area contributed by atoms with Crippen molar-refractivity contribution in [3.63, 3.8) is 0 Å². The predicted molar refractivity (Wildman–Crippen MR) is 113 cm³/mol. The Hall–Kier alpha value is -2.70. The highest BCUT2D eigenvalue weighted by Gasteiger charge is 2.06. The Balaban J connectivity index is 0.000000407. The molecule has 2 atom stereocenters. The molecule has 4 N–H and O–H groups in total. The number of carbonyl (C=O) groups is 2. The number of benzene rings is 2. The number of rotatable bonds is 6. The largest absolute Gasteiger partial charge is 0.478 e. The average Bonchev–Trinajstić information content (AvgIpc) is 2.69. The van der Waals surface area contributed by atoms with E-state index in [1.54, 1.807) is 48.5 Å². The van der Waals surface area contributed by atoms with Crippen LogP contribution in [-0.4, -0.2) is 44.6 Å². The van der Waals surface area contributed by atoms with Crippen molar-refractivity contribution in [3.05, 3.63) is 70.8 Å². The molecule has 6 nitrogen and oxygen atoms in total. The zero-order chi connectivity index (χ0) is 22.4. The van der Waals surface area contributed by atoms with Gasteiger partial charge in [-0.1, -0.05) is 49.2 Å². The van der Waals surface area contributed by atoms with Crippen molar-refractivity contribution in [2.45, 2.75) is 59.2 Å². The van der Waals surface area contributed by atoms with Crippen molar-refractivity contribution >= 4 is 11.9 Å². The molecule has 0 aliphatic carbocycles. The second kappa shape index (κ2) is 14.3. The van der Waals surface area contributed by atoms with Gasteiger partial charge in [-0.3, -0.25) is 0 Å². The van der Waals surface area contributed by atoms with E-state index in [4.69, 9.17) is 20.4 Å². The van der Waals surface area contributed by atoms with Crippen LogP contribution >= 0.6 is 0 Å². The van der Waals surface area contributed by atoms with Crippen LogP contribution in [0.3, 0.4) is 0 Å². The lowest BCUT2D eigenvalue weighted by Crippen LogP contribution is -2.15. The summed E-state index contributed by atoms with van der Waals surface area (Å²) in [5.41, 5.74) is 2.83. The molecule has 0 aliphatic rings. The van der Waals surface area contributed by atoms with Gasteiger partial charge in [0.15, 0.2) is 0 Å². The maximum atomic E-state index is 10.3. The monoisotopic (exact) mass is 404 g/mol. The standard InChI is InChI=1S/2C8H8O2.C7H16O2/c2*1-6-2-4-7(5-3-6)8(9)10;1-3-6(8)5-7(9)4-2/h2*2-5H,1H3,(H,9,10);6-9H,3-5H2,1-2H3. The number of aromatic carboxylic acids is 2. The number of aryl methyl sites for hydroxylation is 2. The summed E-state index contributed by atoms with van der Waals surface area (Å²) >= 11 is 0. The molecule has 0 bridgehead atoms. The second-order valence-corrected chi connectivity index (χ2v) is 6.70. The summed E-state index contributed by atoms with van der Waals surface area (Å²) in [7, 11) is 0. The summed E-state index contributed by atoms with van der Waals surface area (Å²) in [6.45, 7) is 7.66. The molecule has 0 spiro atoms. The summed E-state index contributed by atoms with van der Waals surface area (Å²) in [4.78, 5) is 20.6. The fraction of sp³-hybridized carbons (Fsp3) is 0.391. The fourth-order valence-corrected chi connectivity index (χ4v) is 2.04. The van der Waals surface area contributed by atoms with Gasteiger partial charge in [-0.2, -0.15) is 0 Å². The molecular formula is C23H32O6. The van der Waals surface area contributed by atoms with Gasteiger partial charge in [0.2, 0.25) is 0 Å². The Morgan fingerprint density at radius 1 is 0.690 bits per heavy atom. The number of carboxylic acids is 2. The molecule has 2 aromatic carbocycles. The molecule has 2 unspecified atom stereocenters. The first-order valence-corrected chi connectivity index (χ1v) is 9.56. The first-order chi connectivity index (χ1) is 13.6. The van der Waals surface area contributed by atoms with E-state index in [9.17, 15) is 9.59 Å². The molecule has 6 heteroatoms. The van der Waals surface area contributed by atoms with Crippen LogP contribution in [0.25, 0.3) is 0 Å². The summed E-state index contributed by atoms with van der Waals surface area (Å²) in [5.74, 6) is -1.75. The van der Waals surface area contributed by atoms with E-state index in [1.807, 2.05) is 27.7 Å². The third-order valence-electron chi connectivity index (χ3n) is 4.08. The van der Waals surface area contributed by atoms with Crippen LogP contribution in [0.15, 0.2) is 48.5 Å². The lowest BCUT2D eigenvalue weighted by atomic mass is 10.1. The maximum Gasteiger partial charge on any atom is 0.335 e. The third-order valence-corrected chi connectivity index (χ3v) is 4.08. The number of hydrogen-bond donors (Lipinski definition) is 4. The molecule has 29 heavy (non-hydrogen) atoms. The Morgan fingerprint density at radius 3 is 1.17 bits per heavy atom. The van der Waals surface area contributed by atoms with E-state index in [2.05, 4.69) is 0 Å². The van der Waals surface area contributed by atoms with Gasteiger partial charge in [-0.05, 0) is 57.4 Å². The molecular weight excluding hydrogens is 372 g/mol. The zero-order valence-corrected chi connectivity index (χ0v) is 17.5. The Labute approximate surface area is 172 Å². The van der Waals surface area contributed by atoms with Crippen molar-refractivity contribution < 1.29 is 30.0 Å². The normalized spacial score (nSPS) is 11.8. The molecule has 2 rings (SSSR count). The van der Waals surface area contributed by atoms with Crippen LogP contribution in [0.4, 0.5) is 0 Å². The van der Waals surface area contributed by atoms with Gasteiger partial charge in [0.25, 0.3) is 0 Å². The van der Waals surface area contributed by atoms with E-state index in [1.165, 1.54) is 0 Å². The first kappa shape index (κ1) is 26.3. The molecule has 0 saturated carbocycles. The van der Waals surface area contributed by atoms with Crippen molar-refractivity contribution in [1.29, 1.82) is 0 Å². The van der Waals surface area contributed by atoms with Gasteiger partial charge in [0.05, 0.1) is 23.3 Å².